The van der Waals surface area contributed by atoms with Gasteiger partial charge in [0.15, 0.2) is 0 Å². The Morgan fingerprint density at radius 2 is 2.04 bits per heavy atom. The highest BCUT2D eigenvalue weighted by atomic mass is 35.5. The molecule has 0 atom stereocenters. The number of halogens is 1. The summed E-state index contributed by atoms with van der Waals surface area (Å²) in [6.45, 7) is 1.06. The van der Waals surface area contributed by atoms with Crippen molar-refractivity contribution in [1.82, 2.24) is 4.90 Å². The van der Waals surface area contributed by atoms with Crippen LogP contribution in [0.5, 0.6) is 5.75 Å². The maximum absolute atomic E-state index is 12.4. The smallest absolute Gasteiger partial charge is 0.238 e. The molecular weight excluding hydrogens is 324 g/mol. The van der Waals surface area contributed by atoms with Crippen molar-refractivity contribution in [2.75, 3.05) is 19.0 Å². The van der Waals surface area contributed by atoms with Crippen LogP contribution in [0.1, 0.15) is 18.4 Å². The van der Waals surface area contributed by atoms with Gasteiger partial charge in [-0.15, -0.1) is 0 Å². The van der Waals surface area contributed by atoms with E-state index >= 15 is 0 Å². The zero-order valence-electron chi connectivity index (χ0n) is 13.7. The fourth-order valence-electron chi connectivity index (χ4n) is 2.76. The summed E-state index contributed by atoms with van der Waals surface area (Å²) in [5, 5.41) is 3.53. The van der Waals surface area contributed by atoms with Crippen molar-refractivity contribution in [3.05, 3.63) is 59.1 Å². The largest absolute Gasteiger partial charge is 0.496 e. The second kappa shape index (κ2) is 7.69. The van der Waals surface area contributed by atoms with Gasteiger partial charge in [-0.3, -0.25) is 9.69 Å². The fraction of sp³-hybridized carbons (Fsp3) is 0.316. The molecule has 0 unspecified atom stereocenters. The maximum atomic E-state index is 12.4. The van der Waals surface area contributed by atoms with E-state index in [1.807, 2.05) is 36.4 Å². The van der Waals surface area contributed by atoms with Crippen LogP contribution in [0.2, 0.25) is 5.02 Å². The Morgan fingerprint density at radius 1 is 1.25 bits per heavy atom. The number of hydrogen-bond acceptors (Lipinski definition) is 3. The molecule has 0 heterocycles. The Labute approximate surface area is 147 Å². The molecule has 0 aliphatic heterocycles. The van der Waals surface area contributed by atoms with Gasteiger partial charge in [-0.1, -0.05) is 35.9 Å². The van der Waals surface area contributed by atoms with Gasteiger partial charge in [0.25, 0.3) is 0 Å². The van der Waals surface area contributed by atoms with Gasteiger partial charge in [0.1, 0.15) is 5.75 Å². The van der Waals surface area contributed by atoms with E-state index in [4.69, 9.17) is 16.3 Å². The second-order valence-corrected chi connectivity index (χ2v) is 6.44. The zero-order valence-corrected chi connectivity index (χ0v) is 14.4. The summed E-state index contributed by atoms with van der Waals surface area (Å²) in [4.78, 5) is 14.6. The number of nitrogens with zero attached hydrogens (tertiary/aromatic N) is 1. The number of nitrogens with one attached hydrogen (secondary N) is 1. The molecule has 1 aliphatic rings. The van der Waals surface area contributed by atoms with Crippen LogP contribution in [0.3, 0.4) is 0 Å². The van der Waals surface area contributed by atoms with Gasteiger partial charge in [0, 0.05) is 28.9 Å². The molecule has 5 heteroatoms. The first-order valence-electron chi connectivity index (χ1n) is 8.07. The third-order valence-corrected chi connectivity index (χ3v) is 4.32. The minimum absolute atomic E-state index is 0.0286. The summed E-state index contributed by atoms with van der Waals surface area (Å²) in [5.41, 5.74) is 1.82. The third kappa shape index (κ3) is 4.49. The Bertz CT molecular complexity index is 716. The van der Waals surface area contributed by atoms with Gasteiger partial charge < -0.3 is 10.1 Å². The first-order chi connectivity index (χ1) is 11.7. The van der Waals surface area contributed by atoms with Crippen LogP contribution in [0, 0.1) is 0 Å². The molecule has 0 aromatic heterocycles. The van der Waals surface area contributed by atoms with Gasteiger partial charge in [-0.2, -0.15) is 0 Å². The lowest BCUT2D eigenvalue weighted by atomic mass is 10.2. The van der Waals surface area contributed by atoms with E-state index in [0.29, 0.717) is 24.2 Å². The summed E-state index contributed by atoms with van der Waals surface area (Å²) >= 11 is 5.96. The molecule has 3 rings (SSSR count). The molecule has 1 N–H and O–H groups in total. The van der Waals surface area contributed by atoms with Crippen molar-refractivity contribution in [2.24, 2.45) is 0 Å². The molecule has 0 bridgehead atoms. The topological polar surface area (TPSA) is 41.6 Å². The van der Waals surface area contributed by atoms with Crippen LogP contribution in [0.4, 0.5) is 5.69 Å². The normalized spacial score (nSPS) is 13.8. The summed E-state index contributed by atoms with van der Waals surface area (Å²) in [7, 11) is 1.67. The Kier molecular flexibility index (Phi) is 5.38. The third-order valence-electron chi connectivity index (χ3n) is 4.08. The number of methoxy groups -OCH3 is 1. The van der Waals surface area contributed by atoms with Gasteiger partial charge in [0.2, 0.25) is 5.91 Å². The lowest BCUT2D eigenvalue weighted by Crippen LogP contribution is -2.34. The van der Waals surface area contributed by atoms with Crippen LogP contribution in [-0.4, -0.2) is 30.5 Å². The van der Waals surface area contributed by atoms with E-state index < -0.39 is 0 Å². The minimum atomic E-state index is -0.0286. The molecule has 0 radical (unpaired) electrons. The highest BCUT2D eigenvalue weighted by molar-refractivity contribution is 6.30. The minimum Gasteiger partial charge on any atom is -0.496 e. The fourth-order valence-corrected chi connectivity index (χ4v) is 2.95. The number of anilines is 1. The van der Waals surface area contributed by atoms with Crippen molar-refractivity contribution >= 4 is 23.2 Å². The van der Waals surface area contributed by atoms with E-state index in [-0.39, 0.29) is 5.91 Å². The first-order valence-corrected chi connectivity index (χ1v) is 8.45. The Hall–Kier alpha value is -2.04. The highest BCUT2D eigenvalue weighted by Gasteiger charge is 2.30. The number of ether oxygens (including phenoxy) is 1. The standard InChI is InChI=1S/C19H21ClN2O2/c1-24-18-8-3-2-5-14(18)12-22(17-9-10-17)13-19(23)21-16-7-4-6-15(20)11-16/h2-8,11,17H,9-10,12-13H2,1H3,(H,21,23). The lowest BCUT2D eigenvalue weighted by Gasteiger charge is -2.22. The SMILES string of the molecule is COc1ccccc1CN(CC(=O)Nc1cccc(Cl)c1)C1CC1. The molecule has 126 valence electrons. The summed E-state index contributed by atoms with van der Waals surface area (Å²) in [6, 6.07) is 15.6. The first kappa shape index (κ1) is 16.8. The van der Waals surface area contributed by atoms with E-state index in [1.165, 1.54) is 0 Å². The highest BCUT2D eigenvalue weighted by Crippen LogP contribution is 2.30. The average Bonchev–Trinajstić information content (AvgIpc) is 3.39. The molecular formula is C19H21ClN2O2. The quantitative estimate of drug-likeness (QED) is 0.826. The van der Waals surface area contributed by atoms with E-state index in [0.717, 1.165) is 29.8 Å². The molecule has 0 spiro atoms. The molecule has 4 nitrogen and oxygen atoms in total. The van der Waals surface area contributed by atoms with Gasteiger partial charge in [-0.25, -0.2) is 0 Å². The van der Waals surface area contributed by atoms with Gasteiger partial charge in [0.05, 0.1) is 13.7 Å². The monoisotopic (exact) mass is 344 g/mol. The number of carbonyl (C=O) groups excluding carboxylic acids is 1. The molecule has 1 amide bonds. The number of para-hydroxylation sites is 1. The van der Waals surface area contributed by atoms with Crippen LogP contribution in [0.15, 0.2) is 48.5 Å². The predicted octanol–water partition coefficient (Wildman–Crippen LogP) is 3.95. The molecule has 1 saturated carbocycles. The van der Waals surface area contributed by atoms with E-state index in [2.05, 4.69) is 10.2 Å². The van der Waals surface area contributed by atoms with E-state index in [9.17, 15) is 4.79 Å². The van der Waals surface area contributed by atoms with Crippen LogP contribution >= 0.6 is 11.6 Å². The molecule has 1 aliphatic carbocycles. The average molecular weight is 345 g/mol. The van der Waals surface area contributed by atoms with Crippen molar-refractivity contribution in [1.29, 1.82) is 0 Å². The summed E-state index contributed by atoms with van der Waals surface area (Å²) < 4.78 is 5.42. The molecule has 1 fully saturated rings. The molecule has 24 heavy (non-hydrogen) atoms. The van der Waals surface area contributed by atoms with Crippen LogP contribution in [-0.2, 0) is 11.3 Å². The maximum Gasteiger partial charge on any atom is 0.238 e. The van der Waals surface area contributed by atoms with Crippen molar-refractivity contribution in [2.45, 2.75) is 25.4 Å². The molecule has 0 saturated heterocycles. The number of hydrogen-bond donors (Lipinski definition) is 1. The number of benzene rings is 2. The number of rotatable bonds is 7. The second-order valence-electron chi connectivity index (χ2n) is 6.01. The lowest BCUT2D eigenvalue weighted by molar-refractivity contribution is -0.117. The zero-order chi connectivity index (χ0) is 16.9. The number of amides is 1. The Morgan fingerprint density at radius 3 is 2.75 bits per heavy atom. The van der Waals surface area contributed by atoms with Crippen molar-refractivity contribution < 1.29 is 9.53 Å². The summed E-state index contributed by atoms with van der Waals surface area (Å²) in [5.74, 6) is 0.831. The van der Waals surface area contributed by atoms with Crippen molar-refractivity contribution in [3.63, 3.8) is 0 Å². The van der Waals surface area contributed by atoms with Gasteiger partial charge in [-0.05, 0) is 37.1 Å². The molecule has 2 aromatic carbocycles. The van der Waals surface area contributed by atoms with E-state index in [1.54, 1.807) is 19.2 Å². The van der Waals surface area contributed by atoms with Crippen LogP contribution in [0.25, 0.3) is 0 Å². The molecule has 2 aromatic rings. The number of carbonyl (C=O) groups is 1. The summed E-state index contributed by atoms with van der Waals surface area (Å²) in [6.07, 6.45) is 2.28. The Balaban J connectivity index is 1.65. The van der Waals surface area contributed by atoms with Crippen LogP contribution < -0.4 is 10.1 Å². The van der Waals surface area contributed by atoms with Crippen molar-refractivity contribution in [3.8, 4) is 5.75 Å². The predicted molar refractivity (Wildman–Crippen MR) is 96.5 cm³/mol. The van der Waals surface area contributed by atoms with Gasteiger partial charge >= 0.3 is 0 Å².